The number of nitrogens with one attached hydrogen (secondary N) is 3. The van der Waals surface area contributed by atoms with Gasteiger partial charge in [-0.1, -0.05) is 45.0 Å². The van der Waals surface area contributed by atoms with Gasteiger partial charge in [-0.25, -0.2) is 8.78 Å². The molecule has 1 aliphatic heterocycles. The van der Waals surface area contributed by atoms with Crippen molar-refractivity contribution >= 4 is 25.2 Å². The van der Waals surface area contributed by atoms with Gasteiger partial charge in [0, 0.05) is 47.2 Å². The maximum absolute atomic E-state index is 14.7. The van der Waals surface area contributed by atoms with E-state index in [1.807, 2.05) is 38.1 Å². The van der Waals surface area contributed by atoms with Crippen molar-refractivity contribution in [3.8, 4) is 0 Å². The Kier molecular flexibility index (Phi) is 12.0. The van der Waals surface area contributed by atoms with Crippen LogP contribution in [0.4, 0.5) is 14.5 Å². The zero-order valence-corrected chi connectivity index (χ0v) is 25.2. The predicted molar refractivity (Wildman–Crippen MR) is 167 cm³/mol. The molecular weight excluding hydrogens is 525 g/mol. The van der Waals surface area contributed by atoms with Gasteiger partial charge in [0.25, 0.3) is 5.91 Å². The van der Waals surface area contributed by atoms with Crippen molar-refractivity contribution in [3.63, 3.8) is 0 Å². The predicted octanol–water partition coefficient (Wildman–Crippen LogP) is 7.41. The van der Waals surface area contributed by atoms with E-state index in [1.54, 1.807) is 25.3 Å². The molecule has 1 amide bonds. The minimum Gasteiger partial charge on any atom is -0.373 e. The summed E-state index contributed by atoms with van der Waals surface area (Å²) in [7, 11) is -0.632. The van der Waals surface area contributed by atoms with Gasteiger partial charge in [0.1, 0.15) is 5.83 Å². The highest BCUT2D eigenvalue weighted by molar-refractivity contribution is 7.62. The Morgan fingerprint density at radius 2 is 2.12 bits per heavy atom. The van der Waals surface area contributed by atoms with Gasteiger partial charge in [0.05, 0.1) is 5.78 Å². The molecule has 5 nitrogen and oxygen atoms in total. The van der Waals surface area contributed by atoms with E-state index in [0.29, 0.717) is 11.1 Å². The van der Waals surface area contributed by atoms with Crippen LogP contribution in [0.15, 0.2) is 83.1 Å². The Morgan fingerprint density at radius 3 is 2.77 bits per heavy atom. The fourth-order valence-corrected chi connectivity index (χ4v) is 6.63. The van der Waals surface area contributed by atoms with Crippen LogP contribution in [-0.2, 0) is 6.42 Å². The average Bonchev–Trinajstić information content (AvgIpc) is 2.96. The zero-order valence-electron chi connectivity index (χ0n) is 24.3. The van der Waals surface area contributed by atoms with Crippen LogP contribution in [0.2, 0.25) is 0 Å². The number of aryl methyl sites for hydroxylation is 1. The number of carbonyl (C=O) groups is 1. The van der Waals surface area contributed by atoms with Crippen LogP contribution in [-0.4, -0.2) is 49.4 Å². The molecule has 40 heavy (non-hydrogen) atoms. The van der Waals surface area contributed by atoms with Gasteiger partial charge in [-0.2, -0.15) is 0 Å². The number of aliphatic imine (C=N–C) groups is 1. The summed E-state index contributed by atoms with van der Waals surface area (Å²) < 4.78 is 29.1. The SMILES string of the molecule is C=CC1C=CC(/C(C)=C/N=C(\C)C(Nc2ccc(C(=O)NC3CCCNC3)c(CC)c2)P(C)/C=C\C)=C(F)C1F. The number of nitrogens with zero attached hydrogens (tertiary/aromatic N) is 1. The lowest BCUT2D eigenvalue weighted by Crippen LogP contribution is -2.45. The molecule has 1 fully saturated rings. The van der Waals surface area contributed by atoms with Crippen molar-refractivity contribution in [1.82, 2.24) is 10.6 Å². The molecule has 1 heterocycles. The molecule has 3 rings (SSSR count). The van der Waals surface area contributed by atoms with Gasteiger partial charge >= 0.3 is 0 Å². The molecule has 2 aliphatic rings. The number of hydrogen-bond acceptors (Lipinski definition) is 4. The summed E-state index contributed by atoms with van der Waals surface area (Å²) in [6, 6.07) is 6.03. The maximum atomic E-state index is 14.7. The van der Waals surface area contributed by atoms with E-state index >= 15 is 0 Å². The van der Waals surface area contributed by atoms with Crippen LogP contribution in [0.1, 0.15) is 56.5 Å². The zero-order chi connectivity index (χ0) is 29.2. The number of anilines is 1. The molecule has 0 radical (unpaired) electrons. The molecule has 1 aromatic carbocycles. The van der Waals surface area contributed by atoms with Gasteiger partial charge in [-0.05, 0) is 82.6 Å². The Morgan fingerprint density at radius 1 is 1.35 bits per heavy atom. The number of amides is 1. The van der Waals surface area contributed by atoms with Crippen LogP contribution < -0.4 is 16.0 Å². The Hall–Kier alpha value is -2.89. The van der Waals surface area contributed by atoms with E-state index in [2.05, 4.69) is 46.9 Å². The molecular formula is C32H43F2N4OP. The number of carbonyl (C=O) groups excluding carboxylic acids is 1. The van der Waals surface area contributed by atoms with Crippen molar-refractivity contribution in [3.05, 3.63) is 89.2 Å². The van der Waals surface area contributed by atoms with E-state index in [-0.39, 0.29) is 23.3 Å². The molecule has 5 unspecified atom stereocenters. The first-order valence-corrected chi connectivity index (χ1v) is 15.9. The number of benzene rings is 1. The van der Waals surface area contributed by atoms with Crippen LogP contribution in [0.25, 0.3) is 0 Å². The second-order valence-corrected chi connectivity index (χ2v) is 12.5. The van der Waals surface area contributed by atoms with E-state index in [4.69, 9.17) is 0 Å². The average molecular weight is 569 g/mol. The molecule has 0 bridgehead atoms. The summed E-state index contributed by atoms with van der Waals surface area (Å²) in [6.45, 7) is 15.3. The molecule has 3 N–H and O–H groups in total. The van der Waals surface area contributed by atoms with Crippen LogP contribution in [0.5, 0.6) is 0 Å². The number of halogens is 2. The van der Waals surface area contributed by atoms with E-state index in [1.165, 1.54) is 6.08 Å². The lowest BCUT2D eigenvalue weighted by molar-refractivity contribution is 0.0929. The Balaban J connectivity index is 1.82. The largest absolute Gasteiger partial charge is 0.373 e. The van der Waals surface area contributed by atoms with Crippen LogP contribution >= 0.6 is 7.92 Å². The second-order valence-electron chi connectivity index (χ2n) is 10.4. The lowest BCUT2D eigenvalue weighted by atomic mass is 9.91. The fraction of sp³-hybridized carbons (Fsp3) is 0.438. The third kappa shape index (κ3) is 8.08. The summed E-state index contributed by atoms with van der Waals surface area (Å²) in [6.07, 6.45) is 9.34. The quantitative estimate of drug-likeness (QED) is 0.148. The van der Waals surface area contributed by atoms with E-state index < -0.39 is 25.8 Å². The van der Waals surface area contributed by atoms with Gasteiger partial charge in [0.2, 0.25) is 0 Å². The molecule has 0 saturated carbocycles. The van der Waals surface area contributed by atoms with Crippen molar-refractivity contribution in [2.75, 3.05) is 25.1 Å². The standard InChI is InChI=1S/C32H43F2N4OP/c1-7-17-40(6)32(22(5)36-19-21(4)27-14-12-23(8-2)29(33)30(27)34)38-25-13-15-28(24(9-3)18-25)31(39)37-26-11-10-16-35-20-26/h7-8,12-15,17-19,23,26,29,32,35,38H,2,9-11,16,20H2,1,3-6H3,(H,37,39)/b17-7-,21-19+,36-22+. The number of rotatable bonds is 11. The fourth-order valence-electron chi connectivity index (χ4n) is 4.97. The minimum atomic E-state index is -1.73. The van der Waals surface area contributed by atoms with Crippen molar-refractivity contribution in [1.29, 1.82) is 0 Å². The van der Waals surface area contributed by atoms with Crippen molar-refractivity contribution in [2.45, 2.75) is 65.0 Å². The second kappa shape index (κ2) is 15.2. The summed E-state index contributed by atoms with van der Waals surface area (Å²) in [5.74, 6) is 0.596. The number of hydrogen-bond donors (Lipinski definition) is 3. The van der Waals surface area contributed by atoms with Gasteiger partial charge in [-0.3, -0.25) is 9.79 Å². The van der Waals surface area contributed by atoms with Gasteiger partial charge in [-0.15, -0.1) is 6.58 Å². The minimum absolute atomic E-state index is 0.0353. The van der Waals surface area contributed by atoms with Crippen molar-refractivity contribution in [2.24, 2.45) is 10.9 Å². The van der Waals surface area contributed by atoms with E-state index in [0.717, 1.165) is 49.3 Å². The number of alkyl halides is 1. The number of piperidine rings is 1. The third-order valence-electron chi connectivity index (χ3n) is 7.33. The lowest BCUT2D eigenvalue weighted by Gasteiger charge is -2.26. The van der Waals surface area contributed by atoms with Gasteiger partial charge in [0.15, 0.2) is 6.17 Å². The molecule has 0 aromatic heterocycles. The normalized spacial score (nSPS) is 23.7. The number of allylic oxidation sites excluding steroid dienone is 7. The summed E-state index contributed by atoms with van der Waals surface area (Å²) in [4.78, 5) is 17.7. The molecule has 1 saturated heterocycles. The summed E-state index contributed by atoms with van der Waals surface area (Å²) >= 11 is 0. The topological polar surface area (TPSA) is 65.5 Å². The smallest absolute Gasteiger partial charge is 0.251 e. The third-order valence-corrected chi connectivity index (χ3v) is 9.42. The molecule has 8 heteroatoms. The first-order valence-electron chi connectivity index (χ1n) is 14.0. The summed E-state index contributed by atoms with van der Waals surface area (Å²) in [5, 5.41) is 10.1. The first-order chi connectivity index (χ1) is 19.2. The van der Waals surface area contributed by atoms with Crippen LogP contribution in [0, 0.1) is 5.92 Å². The molecule has 5 atom stereocenters. The molecule has 216 valence electrons. The highest BCUT2D eigenvalue weighted by Crippen LogP contribution is 2.40. The Bertz CT molecular complexity index is 1210. The highest BCUT2D eigenvalue weighted by atomic mass is 31.1. The molecule has 0 spiro atoms. The summed E-state index contributed by atoms with van der Waals surface area (Å²) in [5.41, 5.74) is 4.20. The van der Waals surface area contributed by atoms with E-state index in [9.17, 15) is 13.6 Å². The maximum Gasteiger partial charge on any atom is 0.251 e. The molecule has 1 aliphatic carbocycles. The molecule has 1 aromatic rings. The van der Waals surface area contributed by atoms with Crippen molar-refractivity contribution < 1.29 is 13.6 Å². The first kappa shape index (κ1) is 31.6. The Labute approximate surface area is 239 Å². The monoisotopic (exact) mass is 568 g/mol. The highest BCUT2D eigenvalue weighted by Gasteiger charge is 2.27. The van der Waals surface area contributed by atoms with Gasteiger partial charge < -0.3 is 16.0 Å². The van der Waals surface area contributed by atoms with Crippen LogP contribution in [0.3, 0.4) is 0 Å².